The molecule has 0 amide bonds. The van der Waals surface area contributed by atoms with Crippen molar-refractivity contribution in [1.29, 1.82) is 0 Å². The zero-order chi connectivity index (χ0) is 13.3. The zero-order valence-corrected chi connectivity index (χ0v) is 12.0. The fourth-order valence-corrected chi connectivity index (χ4v) is 2.67. The van der Waals surface area contributed by atoms with Gasteiger partial charge in [-0.05, 0) is 18.4 Å². The Hall–Kier alpha value is -1.48. The molecule has 0 bridgehead atoms. The zero-order valence-electron chi connectivity index (χ0n) is 11.2. The first-order chi connectivity index (χ1) is 8.49. The van der Waals surface area contributed by atoms with Crippen molar-refractivity contribution in [1.82, 2.24) is 4.98 Å². The Morgan fingerprint density at radius 1 is 1.22 bits per heavy atom. The van der Waals surface area contributed by atoms with E-state index in [4.69, 9.17) is 0 Å². The molecule has 1 aromatic heterocycles. The highest BCUT2D eigenvalue weighted by molar-refractivity contribution is 7.14. The largest absolute Gasteiger partial charge is 0.292 e. The van der Waals surface area contributed by atoms with Gasteiger partial charge in [0.15, 0.2) is 10.8 Å². The first kappa shape index (κ1) is 13.0. The Labute approximate surface area is 112 Å². The molecule has 1 aromatic carbocycles. The minimum atomic E-state index is 0.0353. The van der Waals surface area contributed by atoms with Gasteiger partial charge < -0.3 is 0 Å². The van der Waals surface area contributed by atoms with Gasteiger partial charge in [-0.2, -0.15) is 0 Å². The highest BCUT2D eigenvalue weighted by atomic mass is 32.1. The number of nitrogens with zero attached hydrogens (tertiary/aromatic N) is 1. The molecule has 0 aliphatic carbocycles. The van der Waals surface area contributed by atoms with Crippen LogP contribution in [0.2, 0.25) is 0 Å². The highest BCUT2D eigenvalue weighted by Gasteiger charge is 2.12. The van der Waals surface area contributed by atoms with E-state index in [2.05, 4.69) is 43.1 Å². The molecule has 0 saturated heterocycles. The molecule has 1 heterocycles. The van der Waals surface area contributed by atoms with Gasteiger partial charge in [0.2, 0.25) is 0 Å². The molecular formula is C15H17NOS. The monoisotopic (exact) mass is 259 g/mol. The molecular weight excluding hydrogens is 242 g/mol. The minimum absolute atomic E-state index is 0.0353. The first-order valence-electron chi connectivity index (χ1n) is 6.07. The summed E-state index contributed by atoms with van der Waals surface area (Å²) >= 11 is 1.47. The van der Waals surface area contributed by atoms with Crippen molar-refractivity contribution in [3.8, 4) is 11.3 Å². The third kappa shape index (κ3) is 2.51. The van der Waals surface area contributed by atoms with E-state index < -0.39 is 0 Å². The molecule has 3 heteroatoms. The quantitative estimate of drug-likeness (QED) is 0.762. The van der Waals surface area contributed by atoms with Crippen LogP contribution in [0, 0.1) is 6.92 Å². The summed E-state index contributed by atoms with van der Waals surface area (Å²) in [5.74, 6) is 0.566. The highest BCUT2D eigenvalue weighted by Crippen LogP contribution is 2.28. The topological polar surface area (TPSA) is 30.0 Å². The van der Waals surface area contributed by atoms with Crippen molar-refractivity contribution < 1.29 is 4.79 Å². The lowest BCUT2D eigenvalue weighted by molar-refractivity contribution is 0.101. The number of aromatic nitrogens is 1. The Bertz CT molecular complexity index is 567. The number of rotatable bonds is 3. The average Bonchev–Trinajstić information content (AvgIpc) is 2.71. The smallest absolute Gasteiger partial charge is 0.188 e. The second-order valence-electron chi connectivity index (χ2n) is 4.76. The van der Waals surface area contributed by atoms with Crippen molar-refractivity contribution in [2.24, 2.45) is 0 Å². The van der Waals surface area contributed by atoms with E-state index >= 15 is 0 Å². The van der Waals surface area contributed by atoms with Crippen LogP contribution in [-0.2, 0) is 0 Å². The molecule has 0 spiro atoms. The van der Waals surface area contributed by atoms with Crippen LogP contribution in [-0.4, -0.2) is 10.8 Å². The molecule has 0 unspecified atom stereocenters. The number of thiazole rings is 1. The van der Waals surface area contributed by atoms with Gasteiger partial charge in [0, 0.05) is 17.4 Å². The van der Waals surface area contributed by atoms with Crippen molar-refractivity contribution in [2.45, 2.75) is 33.6 Å². The van der Waals surface area contributed by atoms with Crippen molar-refractivity contribution >= 4 is 17.1 Å². The van der Waals surface area contributed by atoms with Gasteiger partial charge in [-0.3, -0.25) is 4.79 Å². The summed E-state index contributed by atoms with van der Waals surface area (Å²) in [6.45, 7) is 7.92. The van der Waals surface area contributed by atoms with Crippen molar-refractivity contribution in [2.75, 3.05) is 0 Å². The van der Waals surface area contributed by atoms with E-state index in [0.717, 1.165) is 16.1 Å². The van der Waals surface area contributed by atoms with Crippen LogP contribution in [0.5, 0.6) is 0 Å². The molecule has 2 aromatic rings. The van der Waals surface area contributed by atoms with Crippen LogP contribution < -0.4 is 0 Å². The predicted molar refractivity (Wildman–Crippen MR) is 76.4 cm³/mol. The maximum atomic E-state index is 11.3. The van der Waals surface area contributed by atoms with Gasteiger partial charge in [0.05, 0.1) is 5.69 Å². The molecule has 0 radical (unpaired) electrons. The summed E-state index contributed by atoms with van der Waals surface area (Å²) in [4.78, 5) is 16.9. The van der Waals surface area contributed by atoms with Crippen LogP contribution in [0.25, 0.3) is 11.3 Å². The lowest BCUT2D eigenvalue weighted by Crippen LogP contribution is -1.91. The lowest BCUT2D eigenvalue weighted by atomic mass is 10.0. The summed E-state index contributed by atoms with van der Waals surface area (Å²) in [7, 11) is 0. The van der Waals surface area contributed by atoms with E-state index in [1.54, 1.807) is 6.92 Å². The number of Topliss-reactive ketones (excluding diaryl/α,β-unsaturated/α-hetero) is 1. The molecule has 0 N–H and O–H groups in total. The van der Waals surface area contributed by atoms with Crippen LogP contribution in [0.3, 0.4) is 0 Å². The van der Waals surface area contributed by atoms with Gasteiger partial charge in [-0.15, -0.1) is 11.3 Å². The number of carbonyl (C=O) groups is 1. The summed E-state index contributed by atoms with van der Waals surface area (Å²) < 4.78 is 0. The fraction of sp³-hybridized carbons (Fsp3) is 0.333. The summed E-state index contributed by atoms with van der Waals surface area (Å²) in [6, 6.07) is 8.43. The summed E-state index contributed by atoms with van der Waals surface area (Å²) in [5.41, 5.74) is 3.33. The molecule has 0 atom stereocenters. The van der Waals surface area contributed by atoms with E-state index in [-0.39, 0.29) is 5.78 Å². The second kappa shape index (κ2) is 5.02. The lowest BCUT2D eigenvalue weighted by Gasteiger charge is -2.06. The SMILES string of the molecule is CC(=O)c1nc(-c2ccc(C(C)C)cc2)c(C)s1. The van der Waals surface area contributed by atoms with Crippen LogP contribution in [0.1, 0.15) is 46.9 Å². The fourth-order valence-electron chi connectivity index (χ4n) is 1.84. The third-order valence-corrected chi connectivity index (χ3v) is 4.02. The van der Waals surface area contributed by atoms with Crippen LogP contribution >= 0.6 is 11.3 Å². The predicted octanol–water partition coefficient (Wildman–Crippen LogP) is 4.44. The van der Waals surface area contributed by atoms with Crippen molar-refractivity contribution in [3.63, 3.8) is 0 Å². The maximum Gasteiger partial charge on any atom is 0.188 e. The standard InChI is InChI=1S/C15H17NOS/c1-9(2)12-5-7-13(8-6-12)14-11(4)18-15(16-14)10(3)17/h5-9H,1-4H3. The molecule has 94 valence electrons. The van der Waals surface area contributed by atoms with Gasteiger partial charge in [0.25, 0.3) is 0 Å². The average molecular weight is 259 g/mol. The number of benzene rings is 1. The van der Waals surface area contributed by atoms with Crippen LogP contribution in [0.4, 0.5) is 0 Å². The molecule has 0 fully saturated rings. The number of ketones is 1. The minimum Gasteiger partial charge on any atom is -0.292 e. The normalized spacial score (nSPS) is 10.9. The Morgan fingerprint density at radius 3 is 2.28 bits per heavy atom. The van der Waals surface area contributed by atoms with E-state index in [1.165, 1.54) is 16.9 Å². The van der Waals surface area contributed by atoms with Gasteiger partial charge >= 0.3 is 0 Å². The molecule has 0 aliphatic heterocycles. The van der Waals surface area contributed by atoms with Crippen molar-refractivity contribution in [3.05, 3.63) is 39.7 Å². The van der Waals surface area contributed by atoms with Gasteiger partial charge in [0.1, 0.15) is 0 Å². The number of hydrogen-bond donors (Lipinski definition) is 0. The Morgan fingerprint density at radius 2 is 1.83 bits per heavy atom. The number of aryl methyl sites for hydroxylation is 1. The summed E-state index contributed by atoms with van der Waals surface area (Å²) in [6.07, 6.45) is 0. The molecule has 2 nitrogen and oxygen atoms in total. The molecule has 2 rings (SSSR count). The first-order valence-corrected chi connectivity index (χ1v) is 6.89. The Kier molecular flexibility index (Phi) is 3.62. The second-order valence-corrected chi connectivity index (χ2v) is 5.96. The number of carbonyl (C=O) groups excluding carboxylic acids is 1. The number of hydrogen-bond acceptors (Lipinski definition) is 3. The van der Waals surface area contributed by atoms with Gasteiger partial charge in [-0.25, -0.2) is 4.98 Å². The van der Waals surface area contributed by atoms with Crippen LogP contribution in [0.15, 0.2) is 24.3 Å². The Balaban J connectivity index is 2.39. The van der Waals surface area contributed by atoms with E-state index in [9.17, 15) is 4.79 Å². The molecule has 0 saturated carbocycles. The molecule has 18 heavy (non-hydrogen) atoms. The van der Waals surface area contributed by atoms with Gasteiger partial charge in [-0.1, -0.05) is 38.1 Å². The third-order valence-electron chi connectivity index (χ3n) is 2.95. The maximum absolute atomic E-state index is 11.3. The summed E-state index contributed by atoms with van der Waals surface area (Å²) in [5, 5.41) is 0.593. The molecule has 0 aliphatic rings. The van der Waals surface area contributed by atoms with E-state index in [0.29, 0.717) is 10.9 Å². The van der Waals surface area contributed by atoms with E-state index in [1.807, 2.05) is 6.92 Å².